The second-order valence-corrected chi connectivity index (χ2v) is 31.8. The third-order valence-corrected chi connectivity index (χ3v) is 24.4. The highest BCUT2D eigenvalue weighted by atomic mass is 16.3. The molecule has 582 valence electrons. The summed E-state index contributed by atoms with van der Waals surface area (Å²) >= 11 is 0. The van der Waals surface area contributed by atoms with Crippen LogP contribution in [0.4, 0.5) is 34.1 Å². The fourth-order valence-electron chi connectivity index (χ4n) is 18.2. The highest BCUT2D eigenvalue weighted by Gasteiger charge is 2.22. The van der Waals surface area contributed by atoms with Crippen LogP contribution < -0.4 is 9.80 Å². The first-order chi connectivity index (χ1) is 61.4. The molecule has 0 radical (unpaired) electrons. The standard InChI is InChI=1S/C60H39NO2.C58H37NO2/c1-3-12-40(13-4-1)41-26-31-49(32-27-41)61(48-15-5-2-6-16-48)50-17-11-14-44(36-50)42-22-24-43(25-23-42)51-33-28-45(46-29-34-59-55(38-46)52-18-7-9-20-57(52)62-59)37-54(51)47-30-35-60-56(39-47)53-19-8-10-21-58(53)63-60;1-2-14-46(15-3-1)59(48-29-25-38-11-4-5-12-41(38)34-48)47-16-10-13-42(33-47)39-21-23-40(24-22-39)49-30-26-43(44-27-31-57-53(36-44)50-17-6-8-19-55(50)60-57)35-52(49)45-28-32-58-54(37-45)51-18-7-9-20-56(51)61-58/h1-39H;1-37H. The first-order valence-electron chi connectivity index (χ1n) is 42.1. The van der Waals surface area contributed by atoms with Crippen molar-refractivity contribution in [2.75, 3.05) is 9.80 Å². The fourth-order valence-corrected chi connectivity index (χ4v) is 18.2. The molecule has 0 aliphatic rings. The quantitative estimate of drug-likeness (QED) is 0.102. The van der Waals surface area contributed by atoms with Gasteiger partial charge in [0.15, 0.2) is 0 Å². The summed E-state index contributed by atoms with van der Waals surface area (Å²) in [5, 5.41) is 11.4. The van der Waals surface area contributed by atoms with Crippen molar-refractivity contribution >= 4 is 133 Å². The Kier molecular flexibility index (Phi) is 18.2. The summed E-state index contributed by atoms with van der Waals surface area (Å²) < 4.78 is 24.9. The number of hydrogen-bond donors (Lipinski definition) is 0. The lowest BCUT2D eigenvalue weighted by Gasteiger charge is -2.26. The van der Waals surface area contributed by atoms with Crippen LogP contribution in [0.15, 0.2) is 479 Å². The molecule has 6 heteroatoms. The van der Waals surface area contributed by atoms with E-state index in [2.05, 4.69) is 422 Å². The molecule has 4 heterocycles. The van der Waals surface area contributed by atoms with Gasteiger partial charge in [0, 0.05) is 77.2 Å². The fraction of sp³-hybridized carbons (Fsp3) is 0. The average Bonchev–Trinajstić information content (AvgIpc) is 1.60. The SMILES string of the molecule is c1ccc(-c2ccc(N(c3ccccc3)c3cccc(-c4ccc(-c5ccc(-c6ccc7oc8ccccc8c7c6)cc5-c5ccc6oc7ccccc7c6c5)cc4)c3)cc2)cc1.c1ccc(N(c2cccc(-c3ccc(-c4ccc(-c5ccc6oc7ccccc7c6c5)cc4-c4ccc5oc6ccccc6c5c4)cc3)c2)c2ccc3ccccc3c2)cc1. The predicted octanol–water partition coefficient (Wildman–Crippen LogP) is 34.1. The van der Waals surface area contributed by atoms with E-state index in [0.29, 0.717) is 0 Å². The molecule has 0 atom stereocenters. The molecule has 0 unspecified atom stereocenters. The molecular weight excluding hydrogens is 1510 g/mol. The summed E-state index contributed by atoms with van der Waals surface area (Å²) in [5.41, 5.74) is 34.6. The Morgan fingerprint density at radius 1 is 0.121 bits per heavy atom. The van der Waals surface area contributed by atoms with E-state index in [1.54, 1.807) is 0 Å². The molecule has 24 rings (SSSR count). The zero-order valence-electron chi connectivity index (χ0n) is 67.4. The van der Waals surface area contributed by atoms with Gasteiger partial charge in [-0.1, -0.05) is 303 Å². The normalized spacial score (nSPS) is 11.5. The van der Waals surface area contributed by atoms with E-state index in [1.807, 2.05) is 48.5 Å². The molecule has 0 aliphatic heterocycles. The molecule has 6 nitrogen and oxygen atoms in total. The molecule has 0 saturated carbocycles. The minimum absolute atomic E-state index is 0.886. The Morgan fingerprint density at radius 2 is 0.379 bits per heavy atom. The highest BCUT2D eigenvalue weighted by Crippen LogP contribution is 2.47. The number of para-hydroxylation sites is 6. The minimum atomic E-state index is 0.886. The maximum absolute atomic E-state index is 6.26. The summed E-state index contributed by atoms with van der Waals surface area (Å²) in [6.07, 6.45) is 0. The van der Waals surface area contributed by atoms with Gasteiger partial charge in [-0.3, -0.25) is 0 Å². The van der Waals surface area contributed by atoms with Gasteiger partial charge in [-0.15, -0.1) is 0 Å². The molecule has 20 aromatic carbocycles. The van der Waals surface area contributed by atoms with Gasteiger partial charge < -0.3 is 27.5 Å². The molecule has 0 N–H and O–H groups in total. The number of benzene rings is 20. The van der Waals surface area contributed by atoms with Crippen molar-refractivity contribution in [3.05, 3.63) is 461 Å². The minimum Gasteiger partial charge on any atom is -0.456 e. The van der Waals surface area contributed by atoms with E-state index >= 15 is 0 Å². The summed E-state index contributed by atoms with van der Waals surface area (Å²) in [4.78, 5) is 4.66. The van der Waals surface area contributed by atoms with Crippen LogP contribution in [-0.4, -0.2) is 0 Å². The molecule has 0 saturated heterocycles. The van der Waals surface area contributed by atoms with Crippen LogP contribution in [0.1, 0.15) is 0 Å². The van der Waals surface area contributed by atoms with Crippen LogP contribution in [0.5, 0.6) is 0 Å². The third kappa shape index (κ3) is 13.5. The molecule has 124 heavy (non-hydrogen) atoms. The molecule has 0 amide bonds. The Balaban J connectivity index is 0.000000143. The van der Waals surface area contributed by atoms with Crippen molar-refractivity contribution in [1.82, 2.24) is 0 Å². The molecule has 24 aromatic rings. The lowest BCUT2D eigenvalue weighted by atomic mass is 9.89. The average molecular weight is 1590 g/mol. The monoisotopic (exact) mass is 1580 g/mol. The van der Waals surface area contributed by atoms with Gasteiger partial charge in [-0.2, -0.15) is 0 Å². The van der Waals surface area contributed by atoms with Crippen LogP contribution in [0.2, 0.25) is 0 Å². The van der Waals surface area contributed by atoms with E-state index in [4.69, 9.17) is 17.7 Å². The van der Waals surface area contributed by atoms with Crippen molar-refractivity contribution in [3.8, 4) is 100 Å². The predicted molar refractivity (Wildman–Crippen MR) is 518 cm³/mol. The number of anilines is 6. The number of hydrogen-bond acceptors (Lipinski definition) is 6. The van der Waals surface area contributed by atoms with E-state index < -0.39 is 0 Å². The summed E-state index contributed by atoms with van der Waals surface area (Å²) in [6, 6.07) is 164. The smallest absolute Gasteiger partial charge is 0.135 e. The first kappa shape index (κ1) is 72.7. The lowest BCUT2D eigenvalue weighted by Crippen LogP contribution is -2.09. The van der Waals surface area contributed by atoms with Gasteiger partial charge >= 0.3 is 0 Å². The van der Waals surface area contributed by atoms with Crippen molar-refractivity contribution in [2.45, 2.75) is 0 Å². The van der Waals surface area contributed by atoms with Crippen LogP contribution >= 0.6 is 0 Å². The van der Waals surface area contributed by atoms with Crippen molar-refractivity contribution < 1.29 is 17.7 Å². The first-order valence-corrected chi connectivity index (χ1v) is 42.1. The highest BCUT2D eigenvalue weighted by molar-refractivity contribution is 6.11. The Hall–Kier alpha value is -16.5. The zero-order valence-corrected chi connectivity index (χ0v) is 67.4. The Bertz CT molecular complexity index is 8160. The van der Waals surface area contributed by atoms with Gasteiger partial charge in [-0.05, 0) is 269 Å². The summed E-state index contributed by atoms with van der Waals surface area (Å²) in [7, 11) is 0. The lowest BCUT2D eigenvalue weighted by molar-refractivity contribution is 0.668. The van der Waals surface area contributed by atoms with Crippen LogP contribution in [0.3, 0.4) is 0 Å². The second kappa shape index (κ2) is 31.0. The summed E-state index contributed by atoms with van der Waals surface area (Å²) in [6.45, 7) is 0. The molecule has 0 spiro atoms. The second-order valence-electron chi connectivity index (χ2n) is 31.8. The zero-order chi connectivity index (χ0) is 82.0. The van der Waals surface area contributed by atoms with Crippen molar-refractivity contribution in [1.29, 1.82) is 0 Å². The van der Waals surface area contributed by atoms with E-state index in [0.717, 1.165) is 211 Å². The van der Waals surface area contributed by atoms with Crippen LogP contribution in [0, 0.1) is 0 Å². The Labute approximate surface area is 716 Å². The largest absolute Gasteiger partial charge is 0.456 e. The van der Waals surface area contributed by atoms with Crippen molar-refractivity contribution in [2.24, 2.45) is 0 Å². The number of furan rings is 4. The molecule has 0 fully saturated rings. The van der Waals surface area contributed by atoms with Crippen LogP contribution in [-0.2, 0) is 0 Å². The van der Waals surface area contributed by atoms with Gasteiger partial charge in [0.05, 0.1) is 0 Å². The van der Waals surface area contributed by atoms with Crippen molar-refractivity contribution in [3.63, 3.8) is 0 Å². The van der Waals surface area contributed by atoms with Gasteiger partial charge in [-0.25, -0.2) is 0 Å². The molecule has 0 bridgehead atoms. The number of rotatable bonds is 15. The third-order valence-electron chi connectivity index (χ3n) is 24.4. The van der Waals surface area contributed by atoms with E-state index in [9.17, 15) is 0 Å². The van der Waals surface area contributed by atoms with Crippen LogP contribution in [0.25, 0.3) is 199 Å². The molecular formula is C118H76N2O4. The molecule has 0 aliphatic carbocycles. The maximum atomic E-state index is 6.26. The number of fused-ring (bicyclic) bond motifs is 13. The number of nitrogens with zero attached hydrogens (tertiary/aromatic N) is 2. The Morgan fingerprint density at radius 3 is 0.815 bits per heavy atom. The van der Waals surface area contributed by atoms with Gasteiger partial charge in [0.2, 0.25) is 0 Å². The molecule has 4 aromatic heterocycles. The topological polar surface area (TPSA) is 59.0 Å². The van der Waals surface area contributed by atoms with Gasteiger partial charge in [0.25, 0.3) is 0 Å². The van der Waals surface area contributed by atoms with E-state index in [1.165, 1.54) is 21.9 Å². The summed E-state index contributed by atoms with van der Waals surface area (Å²) in [5.74, 6) is 0. The maximum Gasteiger partial charge on any atom is 0.135 e. The van der Waals surface area contributed by atoms with E-state index in [-0.39, 0.29) is 0 Å². The van der Waals surface area contributed by atoms with Gasteiger partial charge in [0.1, 0.15) is 44.7 Å².